The van der Waals surface area contributed by atoms with Gasteiger partial charge in [0.2, 0.25) is 5.82 Å². The molecule has 0 unspecified atom stereocenters. The number of aromatic nitrogens is 4. The van der Waals surface area contributed by atoms with Crippen LogP contribution in [0.15, 0.2) is 24.7 Å². The number of nitrogens with zero attached hydrogens (tertiary/aromatic N) is 6. The number of likely N-dealkylation sites (tertiary alicyclic amines) is 1. The smallest absolute Gasteiger partial charge is 0.316 e. The van der Waals surface area contributed by atoms with Crippen molar-refractivity contribution >= 4 is 0 Å². The van der Waals surface area contributed by atoms with Gasteiger partial charge >= 0.3 is 6.01 Å². The first kappa shape index (κ1) is 16.9. The van der Waals surface area contributed by atoms with E-state index < -0.39 is 0 Å². The Bertz CT molecular complexity index is 773. The summed E-state index contributed by atoms with van der Waals surface area (Å²) in [5, 5.41) is 8.89. The summed E-state index contributed by atoms with van der Waals surface area (Å²) < 4.78 is 5.97. The maximum absolute atomic E-state index is 8.89. The van der Waals surface area contributed by atoms with E-state index in [-0.39, 0.29) is 11.9 Å². The Morgan fingerprint density at radius 3 is 2.46 bits per heavy atom. The molecule has 0 spiro atoms. The third-order valence-electron chi connectivity index (χ3n) is 5.27. The van der Waals surface area contributed by atoms with Gasteiger partial charge in [-0.1, -0.05) is 12.8 Å². The summed E-state index contributed by atoms with van der Waals surface area (Å²) in [5.41, 5.74) is 1.38. The van der Waals surface area contributed by atoms with Gasteiger partial charge < -0.3 is 9.64 Å². The summed E-state index contributed by atoms with van der Waals surface area (Å²) in [6, 6.07) is 4.86. The standard InChI is InChI=1S/C19H22N6O/c20-11-18-21-8-5-17(24-18)14-12-22-19(23-13-14)26-16-6-9-25(10-7-16)15-3-1-2-4-15/h5,8,12-13,15-16H,1-4,6-7,9-10H2. The monoisotopic (exact) mass is 350 g/mol. The predicted molar refractivity (Wildman–Crippen MR) is 95.3 cm³/mol. The van der Waals surface area contributed by atoms with Crippen molar-refractivity contribution in [2.45, 2.75) is 50.7 Å². The highest BCUT2D eigenvalue weighted by atomic mass is 16.5. The van der Waals surface area contributed by atoms with Crippen molar-refractivity contribution in [2.24, 2.45) is 0 Å². The Kier molecular flexibility index (Phi) is 5.02. The maximum atomic E-state index is 8.89. The van der Waals surface area contributed by atoms with E-state index in [0.29, 0.717) is 11.7 Å². The Morgan fingerprint density at radius 2 is 1.77 bits per heavy atom. The maximum Gasteiger partial charge on any atom is 0.316 e. The quantitative estimate of drug-likeness (QED) is 0.837. The first-order valence-electron chi connectivity index (χ1n) is 9.28. The van der Waals surface area contributed by atoms with Crippen molar-refractivity contribution in [1.29, 1.82) is 5.26 Å². The van der Waals surface area contributed by atoms with Crippen LogP contribution >= 0.6 is 0 Å². The summed E-state index contributed by atoms with van der Waals surface area (Å²) in [6.07, 6.45) is 12.6. The highest BCUT2D eigenvalue weighted by Crippen LogP contribution is 2.27. The van der Waals surface area contributed by atoms with Crippen LogP contribution in [-0.2, 0) is 0 Å². The molecule has 0 bridgehead atoms. The van der Waals surface area contributed by atoms with Crippen molar-refractivity contribution in [2.75, 3.05) is 13.1 Å². The van der Waals surface area contributed by atoms with Crippen LogP contribution in [0.1, 0.15) is 44.3 Å². The van der Waals surface area contributed by atoms with E-state index in [1.54, 1.807) is 24.7 Å². The predicted octanol–water partition coefficient (Wildman–Crippen LogP) is 2.59. The fourth-order valence-electron chi connectivity index (χ4n) is 3.86. The van der Waals surface area contributed by atoms with E-state index in [1.807, 2.05) is 6.07 Å². The Hall–Kier alpha value is -2.59. The lowest BCUT2D eigenvalue weighted by molar-refractivity contribution is 0.0710. The summed E-state index contributed by atoms with van der Waals surface area (Å²) in [5.74, 6) is 0.136. The van der Waals surface area contributed by atoms with E-state index in [9.17, 15) is 0 Å². The molecule has 0 N–H and O–H groups in total. The number of ether oxygens (including phenoxy) is 1. The number of rotatable bonds is 4. The van der Waals surface area contributed by atoms with Crippen LogP contribution in [0.3, 0.4) is 0 Å². The lowest BCUT2D eigenvalue weighted by Gasteiger charge is -2.35. The lowest BCUT2D eigenvalue weighted by atomic mass is 10.0. The molecule has 4 rings (SSSR count). The zero-order valence-electron chi connectivity index (χ0n) is 14.7. The van der Waals surface area contributed by atoms with Crippen molar-refractivity contribution in [3.63, 3.8) is 0 Å². The summed E-state index contributed by atoms with van der Waals surface area (Å²) in [7, 11) is 0. The average molecular weight is 350 g/mol. The van der Waals surface area contributed by atoms with Crippen molar-refractivity contribution < 1.29 is 4.74 Å². The molecule has 1 saturated carbocycles. The molecule has 3 heterocycles. The zero-order chi connectivity index (χ0) is 17.8. The molecule has 1 saturated heterocycles. The van der Waals surface area contributed by atoms with Gasteiger partial charge in [-0.3, -0.25) is 0 Å². The highest BCUT2D eigenvalue weighted by Gasteiger charge is 2.28. The van der Waals surface area contributed by atoms with E-state index in [2.05, 4.69) is 24.8 Å². The largest absolute Gasteiger partial charge is 0.460 e. The van der Waals surface area contributed by atoms with Crippen molar-refractivity contribution in [3.8, 4) is 23.3 Å². The van der Waals surface area contributed by atoms with Gasteiger partial charge in [0, 0.05) is 43.3 Å². The molecule has 7 heteroatoms. The molecular formula is C19H22N6O. The van der Waals surface area contributed by atoms with Gasteiger partial charge in [-0.15, -0.1) is 0 Å². The fraction of sp³-hybridized carbons (Fsp3) is 0.526. The minimum atomic E-state index is 0.136. The lowest BCUT2D eigenvalue weighted by Crippen LogP contribution is -2.43. The molecule has 7 nitrogen and oxygen atoms in total. The van der Waals surface area contributed by atoms with Crippen LogP contribution in [-0.4, -0.2) is 50.1 Å². The minimum absolute atomic E-state index is 0.136. The van der Waals surface area contributed by atoms with Gasteiger partial charge in [0.15, 0.2) is 0 Å². The van der Waals surface area contributed by atoms with E-state index in [1.165, 1.54) is 25.7 Å². The molecule has 1 aliphatic carbocycles. The second-order valence-electron chi connectivity index (χ2n) is 6.92. The van der Waals surface area contributed by atoms with Gasteiger partial charge in [-0.25, -0.2) is 19.9 Å². The van der Waals surface area contributed by atoms with Crippen molar-refractivity contribution in [3.05, 3.63) is 30.5 Å². The molecule has 2 aromatic heterocycles. The minimum Gasteiger partial charge on any atom is -0.460 e. The van der Waals surface area contributed by atoms with Crippen LogP contribution in [0.2, 0.25) is 0 Å². The topological polar surface area (TPSA) is 87.8 Å². The fourth-order valence-corrected chi connectivity index (χ4v) is 3.86. The normalized spacial score (nSPS) is 19.3. The Morgan fingerprint density at radius 1 is 1.04 bits per heavy atom. The van der Waals surface area contributed by atoms with E-state index in [4.69, 9.17) is 10.00 Å². The summed E-state index contributed by atoms with van der Waals surface area (Å²) in [6.45, 7) is 2.20. The number of nitriles is 1. The second-order valence-corrected chi connectivity index (χ2v) is 6.92. The third-order valence-corrected chi connectivity index (χ3v) is 5.27. The number of hydrogen-bond donors (Lipinski definition) is 0. The molecule has 0 amide bonds. The van der Waals surface area contributed by atoms with Gasteiger partial charge in [0.05, 0.1) is 5.69 Å². The Balaban J connectivity index is 1.34. The first-order valence-corrected chi connectivity index (χ1v) is 9.28. The van der Waals surface area contributed by atoms with Gasteiger partial charge in [-0.2, -0.15) is 5.26 Å². The molecule has 0 atom stereocenters. The molecule has 0 radical (unpaired) electrons. The van der Waals surface area contributed by atoms with Crippen LogP contribution in [0, 0.1) is 11.3 Å². The summed E-state index contributed by atoms with van der Waals surface area (Å²) in [4.78, 5) is 19.3. The summed E-state index contributed by atoms with van der Waals surface area (Å²) >= 11 is 0. The number of hydrogen-bond acceptors (Lipinski definition) is 7. The van der Waals surface area contributed by atoms with Crippen LogP contribution in [0.5, 0.6) is 6.01 Å². The molecule has 2 aliphatic rings. The molecule has 0 aromatic carbocycles. The average Bonchev–Trinajstić information content (AvgIpc) is 3.24. The first-order chi connectivity index (χ1) is 12.8. The van der Waals surface area contributed by atoms with Crippen LogP contribution in [0.25, 0.3) is 11.3 Å². The number of piperidine rings is 1. The molecule has 2 aromatic rings. The van der Waals surface area contributed by atoms with Crippen LogP contribution < -0.4 is 4.74 Å². The molecule has 26 heavy (non-hydrogen) atoms. The SMILES string of the molecule is N#Cc1nccc(-c2cnc(OC3CCN(C4CCCC4)CC3)nc2)n1. The highest BCUT2D eigenvalue weighted by molar-refractivity contribution is 5.56. The third kappa shape index (κ3) is 3.81. The zero-order valence-corrected chi connectivity index (χ0v) is 14.7. The molecular weight excluding hydrogens is 328 g/mol. The molecule has 134 valence electrons. The molecule has 2 fully saturated rings. The van der Waals surface area contributed by atoms with Crippen molar-refractivity contribution in [1.82, 2.24) is 24.8 Å². The molecule has 1 aliphatic heterocycles. The van der Waals surface area contributed by atoms with Gasteiger partial charge in [0.1, 0.15) is 12.2 Å². The van der Waals surface area contributed by atoms with Gasteiger partial charge in [0.25, 0.3) is 0 Å². The van der Waals surface area contributed by atoms with E-state index in [0.717, 1.165) is 37.5 Å². The van der Waals surface area contributed by atoms with Gasteiger partial charge in [-0.05, 0) is 31.7 Å². The van der Waals surface area contributed by atoms with Crippen LogP contribution in [0.4, 0.5) is 0 Å². The second kappa shape index (κ2) is 7.75. The Labute approximate surface area is 153 Å². The van der Waals surface area contributed by atoms with E-state index >= 15 is 0 Å².